The van der Waals surface area contributed by atoms with Crippen LogP contribution in [0.3, 0.4) is 0 Å². The van der Waals surface area contributed by atoms with Crippen molar-refractivity contribution in [3.05, 3.63) is 47.1 Å². The molecule has 102 valence electrons. The topological polar surface area (TPSA) is 63.8 Å². The van der Waals surface area contributed by atoms with Gasteiger partial charge < -0.3 is 9.84 Å². The van der Waals surface area contributed by atoms with E-state index in [1.165, 1.54) is 11.3 Å². The van der Waals surface area contributed by atoms with Crippen molar-refractivity contribution >= 4 is 22.6 Å². The number of hydrogen-bond acceptors (Lipinski definition) is 5. The van der Waals surface area contributed by atoms with E-state index in [0.717, 1.165) is 11.8 Å². The summed E-state index contributed by atoms with van der Waals surface area (Å²) in [5.74, 6) is 0.896. The van der Waals surface area contributed by atoms with E-state index in [1.807, 2.05) is 23.6 Å². The van der Waals surface area contributed by atoms with Gasteiger partial charge in [0.05, 0.1) is 0 Å². The van der Waals surface area contributed by atoms with Gasteiger partial charge in [-0.3, -0.25) is 9.20 Å². The quantitative estimate of drug-likeness (QED) is 0.733. The third-order valence-corrected chi connectivity index (χ3v) is 3.69. The molecule has 0 bridgehead atoms. The molecule has 0 fully saturated rings. The number of aromatic nitrogens is 2. The molecule has 3 rings (SSSR count). The third-order valence-electron chi connectivity index (χ3n) is 2.94. The normalized spacial score (nSPS) is 10.8. The molecule has 0 spiro atoms. The number of aliphatic hydroxyl groups is 1. The first-order valence-corrected chi connectivity index (χ1v) is 6.99. The summed E-state index contributed by atoms with van der Waals surface area (Å²) in [4.78, 5) is 16.2. The number of hydrogen-bond donors (Lipinski definition) is 1. The predicted octanol–water partition coefficient (Wildman–Crippen LogP) is 2.54. The Morgan fingerprint density at radius 2 is 2.25 bits per heavy atom. The van der Waals surface area contributed by atoms with E-state index < -0.39 is 0 Å². The SMILES string of the molecule is O=Cc1c(Oc2ccccc2CCO)nc2sccn12. The molecular formula is C14H12N2O3S. The summed E-state index contributed by atoms with van der Waals surface area (Å²) in [5.41, 5.74) is 1.27. The first-order valence-electron chi connectivity index (χ1n) is 6.11. The second-order valence-corrected chi connectivity index (χ2v) is 5.03. The van der Waals surface area contributed by atoms with Crippen LogP contribution in [0.25, 0.3) is 4.96 Å². The zero-order valence-electron chi connectivity index (χ0n) is 10.5. The van der Waals surface area contributed by atoms with E-state index in [2.05, 4.69) is 4.98 Å². The van der Waals surface area contributed by atoms with Crippen molar-refractivity contribution < 1.29 is 14.6 Å². The lowest BCUT2D eigenvalue weighted by molar-refractivity contribution is 0.111. The summed E-state index contributed by atoms with van der Waals surface area (Å²) in [7, 11) is 0. The molecule has 0 radical (unpaired) electrons. The van der Waals surface area contributed by atoms with Crippen molar-refractivity contribution in [3.8, 4) is 11.6 Å². The minimum Gasteiger partial charge on any atom is -0.437 e. The van der Waals surface area contributed by atoms with Crippen LogP contribution in [0.4, 0.5) is 0 Å². The molecule has 0 atom stereocenters. The zero-order chi connectivity index (χ0) is 13.9. The highest BCUT2D eigenvalue weighted by molar-refractivity contribution is 7.15. The fourth-order valence-electron chi connectivity index (χ4n) is 2.00. The number of ether oxygens (including phenoxy) is 1. The highest BCUT2D eigenvalue weighted by atomic mass is 32.1. The lowest BCUT2D eigenvalue weighted by Crippen LogP contribution is -1.97. The number of thiazole rings is 1. The van der Waals surface area contributed by atoms with Gasteiger partial charge in [-0.25, -0.2) is 0 Å². The lowest BCUT2D eigenvalue weighted by atomic mass is 10.1. The highest BCUT2D eigenvalue weighted by Crippen LogP contribution is 2.29. The minimum absolute atomic E-state index is 0.0409. The van der Waals surface area contributed by atoms with E-state index in [4.69, 9.17) is 9.84 Å². The number of aliphatic hydroxyl groups excluding tert-OH is 1. The van der Waals surface area contributed by atoms with Gasteiger partial charge in [0.2, 0.25) is 5.88 Å². The summed E-state index contributed by atoms with van der Waals surface area (Å²) >= 11 is 1.44. The molecule has 0 amide bonds. The first-order chi connectivity index (χ1) is 9.83. The van der Waals surface area contributed by atoms with Crippen molar-refractivity contribution in [2.24, 2.45) is 0 Å². The summed E-state index contributed by atoms with van der Waals surface area (Å²) in [6.45, 7) is 0.0409. The smallest absolute Gasteiger partial charge is 0.250 e. The lowest BCUT2D eigenvalue weighted by Gasteiger charge is -2.08. The fraction of sp³-hybridized carbons (Fsp3) is 0.143. The second-order valence-electron chi connectivity index (χ2n) is 4.16. The summed E-state index contributed by atoms with van der Waals surface area (Å²) in [6, 6.07) is 7.40. The largest absolute Gasteiger partial charge is 0.437 e. The van der Waals surface area contributed by atoms with Gasteiger partial charge in [-0.05, 0) is 18.1 Å². The number of nitrogens with zero attached hydrogens (tertiary/aromatic N) is 2. The van der Waals surface area contributed by atoms with Gasteiger partial charge in [0.1, 0.15) is 5.75 Å². The minimum atomic E-state index is 0.0409. The number of imidazole rings is 1. The van der Waals surface area contributed by atoms with Crippen LogP contribution in [0.15, 0.2) is 35.8 Å². The van der Waals surface area contributed by atoms with Crippen molar-refractivity contribution in [3.63, 3.8) is 0 Å². The fourth-order valence-corrected chi connectivity index (χ4v) is 2.71. The number of aldehydes is 1. The zero-order valence-corrected chi connectivity index (χ0v) is 11.3. The molecule has 3 aromatic rings. The van der Waals surface area contributed by atoms with Gasteiger partial charge >= 0.3 is 0 Å². The molecule has 2 aromatic heterocycles. The van der Waals surface area contributed by atoms with Crippen molar-refractivity contribution in [1.82, 2.24) is 9.38 Å². The summed E-state index contributed by atoms with van der Waals surface area (Å²) in [6.07, 6.45) is 3.01. The Balaban J connectivity index is 2.00. The number of carbonyl (C=O) groups is 1. The molecule has 1 aromatic carbocycles. The average molecular weight is 288 g/mol. The molecule has 6 heteroatoms. The van der Waals surface area contributed by atoms with Crippen LogP contribution in [0.1, 0.15) is 16.1 Å². The molecule has 0 aliphatic heterocycles. The van der Waals surface area contributed by atoms with Gasteiger partial charge in [-0.1, -0.05) is 18.2 Å². The first kappa shape index (κ1) is 12.8. The average Bonchev–Trinajstić information content (AvgIpc) is 3.01. The number of rotatable bonds is 5. The Kier molecular flexibility index (Phi) is 3.49. The monoisotopic (exact) mass is 288 g/mol. The summed E-state index contributed by atoms with van der Waals surface area (Å²) in [5, 5.41) is 10.9. The van der Waals surface area contributed by atoms with Crippen LogP contribution in [0, 0.1) is 0 Å². The van der Waals surface area contributed by atoms with E-state index in [1.54, 1.807) is 16.7 Å². The third kappa shape index (κ3) is 2.19. The molecule has 2 heterocycles. The van der Waals surface area contributed by atoms with Crippen molar-refractivity contribution in [1.29, 1.82) is 0 Å². The Morgan fingerprint density at radius 1 is 1.40 bits per heavy atom. The number of carbonyl (C=O) groups excluding carboxylic acids is 1. The van der Waals surface area contributed by atoms with Crippen LogP contribution in [-0.2, 0) is 6.42 Å². The molecule has 0 saturated carbocycles. The highest BCUT2D eigenvalue weighted by Gasteiger charge is 2.15. The van der Waals surface area contributed by atoms with Crippen LogP contribution in [-0.4, -0.2) is 27.4 Å². The van der Waals surface area contributed by atoms with Gasteiger partial charge in [0.25, 0.3) is 0 Å². The van der Waals surface area contributed by atoms with Crippen LogP contribution in [0.5, 0.6) is 11.6 Å². The van der Waals surface area contributed by atoms with E-state index >= 15 is 0 Å². The van der Waals surface area contributed by atoms with Crippen LogP contribution < -0.4 is 4.74 Å². The number of fused-ring (bicyclic) bond motifs is 1. The molecule has 0 aliphatic rings. The molecule has 0 aliphatic carbocycles. The second kappa shape index (κ2) is 5.44. The van der Waals surface area contributed by atoms with Crippen LogP contribution in [0.2, 0.25) is 0 Å². The predicted molar refractivity (Wildman–Crippen MR) is 75.8 cm³/mol. The Bertz CT molecular complexity index is 748. The Hall–Kier alpha value is -2.18. The van der Waals surface area contributed by atoms with E-state index in [9.17, 15) is 4.79 Å². The Labute approximate surface area is 119 Å². The van der Waals surface area contributed by atoms with E-state index in [0.29, 0.717) is 22.8 Å². The maximum absolute atomic E-state index is 11.2. The van der Waals surface area contributed by atoms with Gasteiger partial charge in [0, 0.05) is 18.2 Å². The molecule has 5 nitrogen and oxygen atoms in total. The van der Waals surface area contributed by atoms with E-state index in [-0.39, 0.29) is 12.5 Å². The molecule has 20 heavy (non-hydrogen) atoms. The van der Waals surface area contributed by atoms with Gasteiger partial charge in [-0.2, -0.15) is 4.98 Å². The standard InChI is InChI=1S/C14H12N2O3S/c17-7-5-10-3-1-2-4-12(10)19-13-11(9-18)16-6-8-20-14(16)15-13/h1-4,6,8-9,17H,5,7H2. The molecule has 1 N–H and O–H groups in total. The van der Waals surface area contributed by atoms with Crippen LogP contribution >= 0.6 is 11.3 Å². The molecular weight excluding hydrogens is 276 g/mol. The summed E-state index contributed by atoms with van der Waals surface area (Å²) < 4.78 is 7.46. The molecule has 0 unspecified atom stereocenters. The Morgan fingerprint density at radius 3 is 3.05 bits per heavy atom. The number of benzene rings is 1. The van der Waals surface area contributed by atoms with Crippen molar-refractivity contribution in [2.75, 3.05) is 6.61 Å². The van der Waals surface area contributed by atoms with Crippen molar-refractivity contribution in [2.45, 2.75) is 6.42 Å². The maximum atomic E-state index is 11.2. The van der Waals surface area contributed by atoms with Gasteiger partial charge in [0.15, 0.2) is 16.9 Å². The molecule has 0 saturated heterocycles. The van der Waals surface area contributed by atoms with Gasteiger partial charge in [-0.15, -0.1) is 11.3 Å². The number of para-hydroxylation sites is 1. The maximum Gasteiger partial charge on any atom is 0.250 e.